The topological polar surface area (TPSA) is 38.7 Å². The first-order valence-corrected chi connectivity index (χ1v) is 6.79. The minimum Gasteiger partial charge on any atom is -0.497 e. The SMILES string of the molecule is COc1cccc(/C=C2/C(C=O)=Nc3cc(Cl)ccc32)c1. The predicted octanol–water partition coefficient (Wildman–Crippen LogP) is 4.17. The molecule has 0 unspecified atom stereocenters. The molecule has 0 amide bonds. The fourth-order valence-corrected chi connectivity index (χ4v) is 2.46. The molecule has 0 saturated carbocycles. The molecule has 0 N–H and O–H groups in total. The Kier molecular flexibility index (Phi) is 3.59. The molecule has 0 aliphatic carbocycles. The lowest BCUT2D eigenvalue weighted by Crippen LogP contribution is -1.97. The van der Waals surface area contributed by atoms with Crippen molar-refractivity contribution in [3.8, 4) is 5.75 Å². The Balaban J connectivity index is 2.11. The van der Waals surface area contributed by atoms with E-state index in [4.69, 9.17) is 16.3 Å². The van der Waals surface area contributed by atoms with E-state index in [0.29, 0.717) is 10.7 Å². The lowest BCUT2D eigenvalue weighted by molar-refractivity contribution is -0.102. The lowest BCUT2D eigenvalue weighted by atomic mass is 10.0. The maximum absolute atomic E-state index is 11.3. The average Bonchev–Trinajstić information content (AvgIpc) is 2.84. The van der Waals surface area contributed by atoms with Crippen molar-refractivity contribution in [2.45, 2.75) is 0 Å². The van der Waals surface area contributed by atoms with Gasteiger partial charge in [-0.15, -0.1) is 0 Å². The molecule has 0 bridgehead atoms. The van der Waals surface area contributed by atoms with Crippen molar-refractivity contribution >= 4 is 40.9 Å². The Labute approximate surface area is 127 Å². The van der Waals surface area contributed by atoms with Crippen LogP contribution in [0.5, 0.6) is 5.75 Å². The van der Waals surface area contributed by atoms with Gasteiger partial charge in [0.1, 0.15) is 11.5 Å². The Morgan fingerprint density at radius 1 is 1.19 bits per heavy atom. The molecule has 0 fully saturated rings. The molecule has 1 aliphatic heterocycles. The van der Waals surface area contributed by atoms with Crippen molar-refractivity contribution in [2.24, 2.45) is 4.99 Å². The van der Waals surface area contributed by atoms with E-state index in [1.54, 1.807) is 19.2 Å². The first-order chi connectivity index (χ1) is 10.2. The van der Waals surface area contributed by atoms with E-state index >= 15 is 0 Å². The summed E-state index contributed by atoms with van der Waals surface area (Å²) in [5, 5.41) is 0.602. The number of allylic oxidation sites excluding steroid dienone is 1. The number of fused-ring (bicyclic) bond motifs is 1. The van der Waals surface area contributed by atoms with E-state index in [-0.39, 0.29) is 0 Å². The smallest absolute Gasteiger partial charge is 0.169 e. The van der Waals surface area contributed by atoms with E-state index in [9.17, 15) is 4.79 Å². The zero-order chi connectivity index (χ0) is 14.8. The van der Waals surface area contributed by atoms with Crippen LogP contribution in [0.2, 0.25) is 5.02 Å². The first-order valence-electron chi connectivity index (χ1n) is 6.41. The maximum atomic E-state index is 11.3. The van der Waals surface area contributed by atoms with Crippen LogP contribution in [0.25, 0.3) is 11.6 Å². The highest BCUT2D eigenvalue weighted by Crippen LogP contribution is 2.37. The molecular formula is C17H12ClNO2. The second kappa shape index (κ2) is 5.54. The van der Waals surface area contributed by atoms with Crippen molar-refractivity contribution in [3.63, 3.8) is 0 Å². The number of benzene rings is 2. The monoisotopic (exact) mass is 297 g/mol. The summed E-state index contributed by atoms with van der Waals surface area (Å²) in [7, 11) is 1.62. The van der Waals surface area contributed by atoms with Crippen LogP contribution < -0.4 is 4.74 Å². The fourth-order valence-electron chi connectivity index (χ4n) is 2.29. The second-order valence-corrected chi connectivity index (χ2v) is 5.05. The average molecular weight is 298 g/mol. The van der Waals surface area contributed by atoms with Crippen LogP contribution in [0.3, 0.4) is 0 Å². The van der Waals surface area contributed by atoms with Gasteiger partial charge >= 0.3 is 0 Å². The molecule has 4 heteroatoms. The van der Waals surface area contributed by atoms with Gasteiger partial charge in [0.15, 0.2) is 6.29 Å². The standard InChI is InChI=1S/C17H12ClNO2/c1-21-13-4-2-3-11(7-13)8-15-14-6-5-12(18)9-16(14)19-17(15)10-20/h2-10H,1H3/b15-8+. The molecule has 1 aliphatic rings. The molecule has 0 aromatic heterocycles. The number of rotatable bonds is 3. The second-order valence-electron chi connectivity index (χ2n) is 4.61. The molecule has 2 aromatic carbocycles. The third kappa shape index (κ3) is 2.60. The molecular weight excluding hydrogens is 286 g/mol. The molecule has 21 heavy (non-hydrogen) atoms. The van der Waals surface area contributed by atoms with Crippen molar-refractivity contribution < 1.29 is 9.53 Å². The number of carbonyl (C=O) groups excluding carboxylic acids is 1. The highest BCUT2D eigenvalue weighted by Gasteiger charge is 2.20. The summed E-state index contributed by atoms with van der Waals surface area (Å²) in [6.45, 7) is 0. The molecule has 2 aromatic rings. The Morgan fingerprint density at radius 2 is 2.05 bits per heavy atom. The van der Waals surface area contributed by atoms with E-state index < -0.39 is 0 Å². The minimum absolute atomic E-state index is 0.412. The number of halogens is 1. The molecule has 1 heterocycles. The molecule has 0 saturated heterocycles. The highest BCUT2D eigenvalue weighted by atomic mass is 35.5. The van der Waals surface area contributed by atoms with E-state index in [2.05, 4.69) is 4.99 Å². The van der Waals surface area contributed by atoms with Gasteiger partial charge in [-0.1, -0.05) is 29.8 Å². The fraction of sp³-hybridized carbons (Fsp3) is 0.0588. The van der Waals surface area contributed by atoms with Gasteiger partial charge in [0.25, 0.3) is 0 Å². The zero-order valence-electron chi connectivity index (χ0n) is 11.3. The van der Waals surface area contributed by atoms with E-state index in [1.165, 1.54) is 0 Å². The number of carbonyl (C=O) groups is 1. The van der Waals surface area contributed by atoms with Crippen LogP contribution in [0, 0.1) is 0 Å². The van der Waals surface area contributed by atoms with Gasteiger partial charge in [-0.3, -0.25) is 4.79 Å². The molecule has 0 spiro atoms. The third-order valence-corrected chi connectivity index (χ3v) is 3.52. The third-order valence-electron chi connectivity index (χ3n) is 3.28. The van der Waals surface area contributed by atoms with Crippen LogP contribution in [0.4, 0.5) is 5.69 Å². The molecule has 0 atom stereocenters. The van der Waals surface area contributed by atoms with Gasteiger partial charge in [0.2, 0.25) is 0 Å². The number of methoxy groups -OCH3 is 1. The number of aliphatic imine (C=N–C) groups is 1. The lowest BCUT2D eigenvalue weighted by Gasteiger charge is -2.04. The van der Waals surface area contributed by atoms with Crippen molar-refractivity contribution in [2.75, 3.05) is 7.11 Å². The summed E-state index contributed by atoms with van der Waals surface area (Å²) >= 11 is 5.97. The van der Waals surface area contributed by atoms with E-state index in [0.717, 1.165) is 34.4 Å². The van der Waals surface area contributed by atoms with Crippen molar-refractivity contribution in [1.82, 2.24) is 0 Å². The van der Waals surface area contributed by atoms with Crippen LogP contribution >= 0.6 is 11.6 Å². The maximum Gasteiger partial charge on any atom is 0.169 e. The number of hydrogen-bond donors (Lipinski definition) is 0. The highest BCUT2D eigenvalue weighted by molar-refractivity contribution is 6.53. The normalized spacial score (nSPS) is 14.8. The van der Waals surface area contributed by atoms with Crippen LogP contribution in [0.15, 0.2) is 47.5 Å². The van der Waals surface area contributed by atoms with Gasteiger partial charge in [0, 0.05) is 16.2 Å². The molecule has 0 radical (unpaired) electrons. The summed E-state index contributed by atoms with van der Waals surface area (Å²) in [6.07, 6.45) is 2.69. The summed E-state index contributed by atoms with van der Waals surface area (Å²) in [4.78, 5) is 15.6. The Bertz CT molecular complexity index is 778. The number of nitrogens with zero attached hydrogens (tertiary/aromatic N) is 1. The van der Waals surface area contributed by atoms with Gasteiger partial charge in [-0.25, -0.2) is 4.99 Å². The Morgan fingerprint density at radius 3 is 2.81 bits per heavy atom. The summed E-state index contributed by atoms with van der Waals surface area (Å²) < 4.78 is 5.21. The van der Waals surface area contributed by atoms with Crippen molar-refractivity contribution in [3.05, 3.63) is 58.6 Å². The van der Waals surface area contributed by atoms with E-state index in [1.807, 2.05) is 36.4 Å². The number of aldehydes is 1. The summed E-state index contributed by atoms with van der Waals surface area (Å²) in [5.41, 5.74) is 3.78. The molecule has 3 rings (SSSR count). The van der Waals surface area contributed by atoms with Crippen LogP contribution in [-0.2, 0) is 4.79 Å². The van der Waals surface area contributed by atoms with Gasteiger partial charge in [-0.05, 0) is 35.9 Å². The van der Waals surface area contributed by atoms with Crippen molar-refractivity contribution in [1.29, 1.82) is 0 Å². The number of hydrogen-bond acceptors (Lipinski definition) is 3. The predicted molar refractivity (Wildman–Crippen MR) is 85.5 cm³/mol. The number of ether oxygens (including phenoxy) is 1. The Hall–Kier alpha value is -2.39. The molecule has 104 valence electrons. The quantitative estimate of drug-likeness (QED) is 0.797. The van der Waals surface area contributed by atoms with Gasteiger partial charge in [0.05, 0.1) is 12.8 Å². The largest absolute Gasteiger partial charge is 0.497 e. The van der Waals surface area contributed by atoms with Crippen LogP contribution in [0.1, 0.15) is 11.1 Å². The van der Waals surface area contributed by atoms with Crippen LogP contribution in [-0.4, -0.2) is 19.1 Å². The summed E-state index contributed by atoms with van der Waals surface area (Å²) in [6, 6.07) is 13.1. The van der Waals surface area contributed by atoms with Gasteiger partial charge in [-0.2, -0.15) is 0 Å². The van der Waals surface area contributed by atoms with Gasteiger partial charge < -0.3 is 4.74 Å². The minimum atomic E-state index is 0.412. The summed E-state index contributed by atoms with van der Waals surface area (Å²) in [5.74, 6) is 0.767. The first kappa shape index (κ1) is 13.6. The zero-order valence-corrected chi connectivity index (χ0v) is 12.1. The molecule has 3 nitrogen and oxygen atoms in total.